The van der Waals surface area contributed by atoms with Gasteiger partial charge in [0, 0.05) is 41.7 Å². The molecular weight excluding hydrogens is 1140 g/mol. The van der Waals surface area contributed by atoms with Crippen molar-refractivity contribution in [2.45, 2.75) is 19.6 Å². The van der Waals surface area contributed by atoms with E-state index in [0.717, 1.165) is 30.3 Å². The van der Waals surface area contributed by atoms with Crippen molar-refractivity contribution in [3.63, 3.8) is 0 Å². The minimum Gasteiger partial charge on any atom is -0.744 e. The summed E-state index contributed by atoms with van der Waals surface area (Å²) in [5.41, 5.74) is -4.32. The molecule has 0 aliphatic rings. The maximum Gasteiger partial charge on any atom is 1.00 e. The monoisotopic (exact) mass is 1170 g/mol. The number of phenolic OH excluding ortho intramolecular Hbond substituents is 3. The van der Waals surface area contributed by atoms with E-state index < -0.39 is 132 Å². The van der Waals surface area contributed by atoms with Crippen LogP contribution in [0.3, 0.4) is 0 Å². The van der Waals surface area contributed by atoms with Crippen LogP contribution in [0.5, 0.6) is 17.2 Å². The summed E-state index contributed by atoms with van der Waals surface area (Å²) < 4.78 is 143. The molecule has 0 spiro atoms. The number of hydrogen-bond acceptors (Lipinski definition) is 27. The molecule has 0 aromatic heterocycles. The Morgan fingerprint density at radius 3 is 1.19 bits per heavy atom. The first-order valence-corrected chi connectivity index (χ1v) is 25.0. The summed E-state index contributed by atoms with van der Waals surface area (Å²) in [7, 11) is -21.0. The number of aromatic hydroxyl groups is 3. The number of non-ortho nitro benzene ring substituents is 2. The van der Waals surface area contributed by atoms with Crippen LogP contribution in [0.25, 0.3) is 10.8 Å². The zero-order valence-electron chi connectivity index (χ0n) is 39.6. The molecule has 0 bridgehead atoms. The SMILES string of the molecule is O=[N+]([O-])c1ccc(Nc2ccc(N=Nc3cc(N=Nc4cc(S(=O)(=O)[O-])cc5cc(S(=O)(=O)[O-])cc(O)c45)c(O)c(N=Nc4ccc(Nc5ccc([N+](=O)[O-])cc5S(=O)(=O)[O-])cc4)c3O)cc2)c(S(=O)(=O)[O-])c1.[Na+].[Na+].[Na+].[Na+]. The first-order valence-electron chi connectivity index (χ1n) is 19.4. The second kappa shape index (κ2) is 26.3. The molecule has 5 N–H and O–H groups in total. The van der Waals surface area contributed by atoms with Crippen LogP contribution in [0, 0.1) is 20.2 Å². The summed E-state index contributed by atoms with van der Waals surface area (Å²) in [5.74, 6) is -2.87. The van der Waals surface area contributed by atoms with E-state index in [1.54, 1.807) is 0 Å². The standard InChI is InChI=1S/C40H28N10O19S4.4Na/c51-34-18-28(71(61,62)63)14-20-13-27(70(58,59)60)17-31(37(20)34)45-47-33-19-32(46-43-23-5-1-21(2-6-23)41-29-11-9-25(49(54)55)15-35(29)72(64,65)66)39(52)38(40(33)53)48-44-24-7-3-22(4-8-24)42-30-12-10-26(50(56)57)16-36(30)73(67,68)69;;;;/h1-19,41-42,51-53H,(H,58,59,60)(H,61,62,63)(H,64,65,66)(H,67,68,69);;;;/q;4*+1/p-4. The third-order valence-electron chi connectivity index (χ3n) is 9.73. The predicted molar refractivity (Wildman–Crippen MR) is 245 cm³/mol. The number of azo groups is 3. The van der Waals surface area contributed by atoms with E-state index in [0.29, 0.717) is 36.4 Å². The number of nitrogens with zero attached hydrogens (tertiary/aromatic N) is 8. The van der Waals surface area contributed by atoms with Gasteiger partial charge < -0.3 is 44.2 Å². The van der Waals surface area contributed by atoms with Crippen LogP contribution in [0.15, 0.2) is 166 Å². The van der Waals surface area contributed by atoms with Crippen LogP contribution in [0.2, 0.25) is 0 Å². The van der Waals surface area contributed by atoms with Crippen LogP contribution in [-0.2, 0) is 40.5 Å². The van der Waals surface area contributed by atoms with Crippen LogP contribution in [0.4, 0.5) is 68.2 Å². The van der Waals surface area contributed by atoms with E-state index in [-0.39, 0.29) is 152 Å². The third-order valence-corrected chi connectivity index (χ3v) is 13.1. The van der Waals surface area contributed by atoms with Crippen LogP contribution < -0.4 is 129 Å². The van der Waals surface area contributed by atoms with Crippen molar-refractivity contribution in [2.24, 2.45) is 30.7 Å². The zero-order chi connectivity index (χ0) is 53.4. The van der Waals surface area contributed by atoms with Crippen molar-refractivity contribution in [1.29, 1.82) is 0 Å². The van der Waals surface area contributed by atoms with Gasteiger partial charge in [-0.3, -0.25) is 20.2 Å². The third kappa shape index (κ3) is 16.3. The van der Waals surface area contributed by atoms with E-state index in [1.807, 2.05) is 0 Å². The van der Waals surface area contributed by atoms with Gasteiger partial charge in [-0.15, -0.1) is 20.5 Å². The van der Waals surface area contributed by atoms with Gasteiger partial charge in [0.05, 0.1) is 63.3 Å². The van der Waals surface area contributed by atoms with Gasteiger partial charge in [0.2, 0.25) is 0 Å². The van der Waals surface area contributed by atoms with E-state index in [2.05, 4.69) is 41.3 Å². The number of rotatable bonds is 16. The number of fused-ring (bicyclic) bond motifs is 1. The molecule has 37 heteroatoms. The molecule has 77 heavy (non-hydrogen) atoms. The fraction of sp³-hybridized carbons (Fsp3) is 0. The molecule has 0 saturated carbocycles. The minimum atomic E-state index is -5.34. The van der Waals surface area contributed by atoms with Crippen LogP contribution in [-0.4, -0.2) is 77.0 Å². The molecule has 0 fully saturated rings. The average Bonchev–Trinajstić information content (AvgIpc) is 3.30. The number of nitrogens with one attached hydrogen (secondary N) is 2. The Labute approximate surface area is 522 Å². The van der Waals surface area contributed by atoms with Crippen molar-refractivity contribution >= 4 is 119 Å². The maximum atomic E-state index is 12.1. The number of phenols is 3. The molecule has 0 saturated heterocycles. The molecule has 0 aliphatic carbocycles. The first kappa shape index (κ1) is 66.3. The molecule has 7 aromatic rings. The minimum absolute atomic E-state index is 0. The molecule has 0 amide bonds. The molecule has 0 heterocycles. The van der Waals surface area contributed by atoms with Crippen molar-refractivity contribution in [2.75, 3.05) is 10.6 Å². The zero-order valence-corrected chi connectivity index (χ0v) is 50.8. The Morgan fingerprint density at radius 1 is 0.429 bits per heavy atom. The van der Waals surface area contributed by atoms with Crippen LogP contribution in [0.1, 0.15) is 0 Å². The van der Waals surface area contributed by atoms with E-state index >= 15 is 0 Å². The summed E-state index contributed by atoms with van der Waals surface area (Å²) in [5, 5.41) is 83.7. The number of nitro benzene ring substituents is 2. The Kier molecular flexibility index (Phi) is 22.7. The van der Waals surface area contributed by atoms with Crippen molar-refractivity contribution < 1.29 is 195 Å². The van der Waals surface area contributed by atoms with E-state index in [1.165, 1.54) is 48.5 Å². The van der Waals surface area contributed by atoms with Crippen LogP contribution >= 0.6 is 0 Å². The number of benzene rings is 7. The summed E-state index contributed by atoms with van der Waals surface area (Å²) >= 11 is 0. The average molecular weight is 1170 g/mol. The normalized spacial score (nSPS) is 11.8. The molecular formula is C40H24N10Na4O19S4. The topological polar surface area (TPSA) is 474 Å². The summed E-state index contributed by atoms with van der Waals surface area (Å²) in [6.45, 7) is 0. The number of anilines is 4. The van der Waals surface area contributed by atoms with Crippen molar-refractivity contribution in [3.05, 3.63) is 135 Å². The predicted octanol–water partition coefficient (Wildman–Crippen LogP) is -3.86. The van der Waals surface area contributed by atoms with Gasteiger partial charge >= 0.3 is 118 Å². The Morgan fingerprint density at radius 2 is 0.805 bits per heavy atom. The second-order valence-corrected chi connectivity index (χ2v) is 20.0. The first-order chi connectivity index (χ1) is 34.1. The van der Waals surface area contributed by atoms with Gasteiger partial charge in [-0.2, -0.15) is 10.2 Å². The smallest absolute Gasteiger partial charge is 0.744 e. The second-order valence-electron chi connectivity index (χ2n) is 14.6. The van der Waals surface area contributed by atoms with Gasteiger partial charge in [0.25, 0.3) is 11.4 Å². The Balaban J connectivity index is 0.00000390. The van der Waals surface area contributed by atoms with Crippen molar-refractivity contribution in [3.8, 4) is 17.2 Å². The largest absolute Gasteiger partial charge is 1.00 e. The molecule has 0 unspecified atom stereocenters. The van der Waals surface area contributed by atoms with Gasteiger partial charge in [0.1, 0.15) is 57.6 Å². The fourth-order valence-corrected chi connectivity index (χ4v) is 8.74. The molecule has 7 rings (SSSR count). The van der Waals surface area contributed by atoms with Gasteiger partial charge in [-0.25, -0.2) is 33.7 Å². The van der Waals surface area contributed by atoms with Crippen molar-refractivity contribution in [1.82, 2.24) is 0 Å². The molecule has 29 nitrogen and oxygen atoms in total. The number of hydrogen-bond donors (Lipinski definition) is 5. The summed E-state index contributed by atoms with van der Waals surface area (Å²) in [6.07, 6.45) is 0. The van der Waals surface area contributed by atoms with E-state index in [4.69, 9.17) is 0 Å². The fourth-order valence-electron chi connectivity index (χ4n) is 6.38. The van der Waals surface area contributed by atoms with Gasteiger partial charge in [-0.05, 0) is 90.3 Å². The number of nitro groups is 2. The summed E-state index contributed by atoms with van der Waals surface area (Å²) in [4.78, 5) is 16.7. The maximum absolute atomic E-state index is 12.1. The van der Waals surface area contributed by atoms with Gasteiger partial charge in [0.15, 0.2) is 17.2 Å². The quantitative estimate of drug-likeness (QED) is 0.0203. The Hall–Kier alpha value is -4.96. The molecule has 376 valence electrons. The van der Waals surface area contributed by atoms with E-state index in [9.17, 15) is 87.4 Å². The Bertz CT molecular complexity index is 4030. The molecule has 0 atom stereocenters. The van der Waals surface area contributed by atoms with Gasteiger partial charge in [-0.1, -0.05) is 0 Å². The molecule has 7 aromatic carbocycles. The molecule has 0 aliphatic heterocycles. The molecule has 0 radical (unpaired) electrons. The summed E-state index contributed by atoms with van der Waals surface area (Å²) in [6, 6.07) is 18.7.